The lowest BCUT2D eigenvalue weighted by Gasteiger charge is -2.26. The Morgan fingerprint density at radius 2 is 1.78 bits per heavy atom. The molecule has 8 nitrogen and oxygen atoms in total. The summed E-state index contributed by atoms with van der Waals surface area (Å²) in [5.41, 5.74) is 4.10. The monoisotopic (exact) mass is 502 g/mol. The summed E-state index contributed by atoms with van der Waals surface area (Å²) in [7, 11) is 1.66. The molecule has 0 saturated carbocycles. The third kappa shape index (κ3) is 8.00. The molecule has 0 aliphatic carbocycles. The summed E-state index contributed by atoms with van der Waals surface area (Å²) in [5, 5.41) is 13.5. The van der Waals surface area contributed by atoms with Crippen molar-refractivity contribution in [2.24, 2.45) is 0 Å². The van der Waals surface area contributed by atoms with Gasteiger partial charge in [-0.1, -0.05) is 36.1 Å². The van der Waals surface area contributed by atoms with Gasteiger partial charge >= 0.3 is 0 Å². The smallest absolute Gasteiger partial charge is 0.293 e. The number of hydrogen-bond donors (Lipinski definition) is 3. The fourth-order valence-electron chi connectivity index (χ4n) is 4.26. The number of nitrogens with zero attached hydrogens (tertiary/aromatic N) is 2. The first kappa shape index (κ1) is 26.6. The van der Waals surface area contributed by atoms with E-state index < -0.39 is 5.56 Å². The van der Waals surface area contributed by atoms with E-state index in [1.807, 2.05) is 24.3 Å². The molecule has 194 valence electrons. The number of aromatic hydroxyl groups is 1. The predicted octanol–water partition coefficient (Wildman–Crippen LogP) is 2.27. The molecule has 1 saturated heterocycles. The van der Waals surface area contributed by atoms with E-state index in [2.05, 4.69) is 56.3 Å². The van der Waals surface area contributed by atoms with Gasteiger partial charge in [0.25, 0.3) is 5.56 Å². The SMILES string of the molecule is COCCNC[C@H](Cc1nc[nH]c(=O)c1O)c1ccc(C#Cc2ccc(CN3CCOCC3)cc2)cc1. The topological polar surface area (TPSA) is 99.7 Å². The minimum Gasteiger partial charge on any atom is -0.502 e. The zero-order chi connectivity index (χ0) is 25.9. The van der Waals surface area contributed by atoms with Crippen LogP contribution in [0, 0.1) is 11.8 Å². The standard InChI is InChI=1S/C29H34N4O4/c1-36-15-12-30-19-26(18-27-28(34)29(35)32-21-31-27)25-10-8-23(9-11-25)3-2-22-4-6-24(7-5-22)20-33-13-16-37-17-14-33/h4-11,21,26,30,34H,12-20H2,1H3,(H,31,32,35)/t26-/m0/s1. The summed E-state index contributed by atoms with van der Waals surface area (Å²) < 4.78 is 10.5. The number of aromatic nitrogens is 2. The van der Waals surface area contributed by atoms with Crippen LogP contribution in [-0.2, 0) is 22.4 Å². The van der Waals surface area contributed by atoms with Gasteiger partial charge in [-0.15, -0.1) is 0 Å². The van der Waals surface area contributed by atoms with Crippen molar-refractivity contribution in [1.29, 1.82) is 0 Å². The molecule has 0 amide bonds. The molecule has 0 bridgehead atoms. The van der Waals surface area contributed by atoms with Crippen LogP contribution in [0.4, 0.5) is 0 Å². The highest BCUT2D eigenvalue weighted by Gasteiger charge is 2.17. The molecule has 2 heterocycles. The summed E-state index contributed by atoms with van der Waals surface area (Å²) >= 11 is 0. The van der Waals surface area contributed by atoms with E-state index in [0.29, 0.717) is 31.8 Å². The number of H-pyrrole nitrogens is 1. The molecule has 37 heavy (non-hydrogen) atoms. The van der Waals surface area contributed by atoms with Gasteiger partial charge in [0.05, 0.1) is 31.8 Å². The van der Waals surface area contributed by atoms with Crippen molar-refractivity contribution in [3.63, 3.8) is 0 Å². The Morgan fingerprint density at radius 1 is 1.11 bits per heavy atom. The Morgan fingerprint density at radius 3 is 2.46 bits per heavy atom. The van der Waals surface area contributed by atoms with Crippen molar-refractivity contribution in [3.8, 4) is 17.6 Å². The zero-order valence-corrected chi connectivity index (χ0v) is 21.2. The molecule has 1 aliphatic rings. The van der Waals surface area contributed by atoms with E-state index in [-0.39, 0.29) is 11.7 Å². The largest absolute Gasteiger partial charge is 0.502 e. The minimum atomic E-state index is -0.532. The second-order valence-electron chi connectivity index (χ2n) is 9.08. The van der Waals surface area contributed by atoms with Crippen LogP contribution in [0.5, 0.6) is 5.75 Å². The lowest BCUT2D eigenvalue weighted by Crippen LogP contribution is -2.35. The summed E-state index contributed by atoms with van der Waals surface area (Å²) in [4.78, 5) is 20.8. The van der Waals surface area contributed by atoms with Crippen LogP contribution in [0.1, 0.15) is 33.9 Å². The first-order valence-corrected chi connectivity index (χ1v) is 12.6. The summed E-state index contributed by atoms with van der Waals surface area (Å²) in [6, 6.07) is 16.5. The van der Waals surface area contributed by atoms with Gasteiger partial charge in [-0.2, -0.15) is 0 Å². The normalized spacial score (nSPS) is 14.6. The highest BCUT2D eigenvalue weighted by atomic mass is 16.5. The van der Waals surface area contributed by atoms with Gasteiger partial charge in [0, 0.05) is 63.3 Å². The molecule has 1 atom stereocenters. The fraction of sp³-hybridized carbons (Fsp3) is 0.379. The van der Waals surface area contributed by atoms with Gasteiger partial charge in [0.15, 0.2) is 0 Å². The second kappa shape index (κ2) is 13.7. The maximum Gasteiger partial charge on any atom is 0.293 e. The lowest BCUT2D eigenvalue weighted by atomic mass is 9.93. The number of aromatic amines is 1. The Balaban J connectivity index is 1.41. The number of hydrogen-bond acceptors (Lipinski definition) is 7. The van der Waals surface area contributed by atoms with Crippen molar-refractivity contribution >= 4 is 0 Å². The molecule has 8 heteroatoms. The minimum absolute atomic E-state index is 0.0121. The third-order valence-electron chi connectivity index (χ3n) is 6.41. The molecule has 3 aromatic rings. The van der Waals surface area contributed by atoms with Gasteiger partial charge < -0.3 is 24.9 Å². The van der Waals surface area contributed by atoms with E-state index in [0.717, 1.165) is 49.5 Å². The average Bonchev–Trinajstić information content (AvgIpc) is 2.93. The molecule has 0 radical (unpaired) electrons. The summed E-state index contributed by atoms with van der Waals surface area (Å²) in [5.74, 6) is 6.18. The summed E-state index contributed by atoms with van der Waals surface area (Å²) in [6.45, 7) is 6.45. The Kier molecular flexibility index (Phi) is 9.86. The third-order valence-corrected chi connectivity index (χ3v) is 6.41. The molecular weight excluding hydrogens is 468 g/mol. The molecule has 3 N–H and O–H groups in total. The van der Waals surface area contributed by atoms with E-state index >= 15 is 0 Å². The van der Waals surface area contributed by atoms with E-state index in [9.17, 15) is 9.90 Å². The fourth-order valence-corrected chi connectivity index (χ4v) is 4.26. The van der Waals surface area contributed by atoms with Crippen LogP contribution >= 0.6 is 0 Å². The van der Waals surface area contributed by atoms with Crippen molar-refractivity contribution < 1.29 is 14.6 Å². The van der Waals surface area contributed by atoms with Crippen molar-refractivity contribution in [2.45, 2.75) is 18.9 Å². The van der Waals surface area contributed by atoms with Crippen LogP contribution in [0.15, 0.2) is 59.7 Å². The second-order valence-corrected chi connectivity index (χ2v) is 9.08. The van der Waals surface area contributed by atoms with Crippen molar-refractivity contribution in [1.82, 2.24) is 20.2 Å². The molecule has 1 fully saturated rings. The van der Waals surface area contributed by atoms with Crippen LogP contribution in [0.3, 0.4) is 0 Å². The van der Waals surface area contributed by atoms with Gasteiger partial charge in [0.2, 0.25) is 5.75 Å². The Hall–Kier alpha value is -3.48. The van der Waals surface area contributed by atoms with Crippen LogP contribution in [0.25, 0.3) is 0 Å². The number of nitrogens with one attached hydrogen (secondary N) is 2. The van der Waals surface area contributed by atoms with E-state index in [1.165, 1.54) is 11.9 Å². The van der Waals surface area contributed by atoms with Crippen molar-refractivity contribution in [2.75, 3.05) is 53.1 Å². The quantitative estimate of drug-likeness (QED) is 0.289. The van der Waals surface area contributed by atoms with Crippen LogP contribution < -0.4 is 10.9 Å². The molecule has 4 rings (SSSR count). The van der Waals surface area contributed by atoms with Crippen molar-refractivity contribution in [3.05, 3.63) is 93.2 Å². The molecular formula is C29H34N4O4. The predicted molar refractivity (Wildman–Crippen MR) is 143 cm³/mol. The van der Waals surface area contributed by atoms with Gasteiger partial charge in [-0.05, 0) is 35.4 Å². The first-order valence-electron chi connectivity index (χ1n) is 12.6. The molecule has 0 unspecified atom stereocenters. The number of ether oxygens (including phenoxy) is 2. The van der Waals surface area contributed by atoms with Crippen LogP contribution in [0.2, 0.25) is 0 Å². The number of rotatable bonds is 10. The maximum absolute atomic E-state index is 11.8. The van der Waals surface area contributed by atoms with Gasteiger partial charge in [-0.3, -0.25) is 9.69 Å². The Labute approximate surface area is 217 Å². The summed E-state index contributed by atoms with van der Waals surface area (Å²) in [6.07, 6.45) is 1.75. The number of benzene rings is 2. The molecule has 1 aliphatic heterocycles. The van der Waals surface area contributed by atoms with Crippen LogP contribution in [-0.4, -0.2) is 73.1 Å². The first-order chi connectivity index (χ1) is 18.1. The van der Waals surface area contributed by atoms with E-state index in [4.69, 9.17) is 9.47 Å². The highest BCUT2D eigenvalue weighted by Crippen LogP contribution is 2.23. The lowest BCUT2D eigenvalue weighted by molar-refractivity contribution is 0.0342. The zero-order valence-electron chi connectivity index (χ0n) is 21.2. The number of morpholine rings is 1. The van der Waals surface area contributed by atoms with E-state index in [1.54, 1.807) is 7.11 Å². The number of methoxy groups -OCH3 is 1. The maximum atomic E-state index is 11.8. The molecule has 1 aromatic heterocycles. The molecule has 2 aromatic carbocycles. The van der Waals surface area contributed by atoms with Gasteiger partial charge in [0.1, 0.15) is 0 Å². The average molecular weight is 503 g/mol. The Bertz CT molecular complexity index is 1240. The highest BCUT2D eigenvalue weighted by molar-refractivity contribution is 5.44. The van der Waals surface area contributed by atoms with Gasteiger partial charge in [-0.25, -0.2) is 4.98 Å². The molecule has 0 spiro atoms.